The molecule has 0 aliphatic heterocycles. The second-order valence-electron chi connectivity index (χ2n) is 7.04. The number of rotatable bonds is 7. The molecule has 9 heteroatoms. The van der Waals surface area contributed by atoms with Gasteiger partial charge < -0.3 is 26.5 Å². The lowest BCUT2D eigenvalue weighted by Gasteiger charge is -2.27. The van der Waals surface area contributed by atoms with Gasteiger partial charge in [-0.3, -0.25) is 9.59 Å². The average molecular weight is 386 g/mol. The molecule has 1 fully saturated rings. The summed E-state index contributed by atoms with van der Waals surface area (Å²) in [7, 11) is 0. The summed E-state index contributed by atoms with van der Waals surface area (Å²) in [6, 6.07) is 3.46. The van der Waals surface area contributed by atoms with E-state index < -0.39 is 0 Å². The minimum Gasteiger partial charge on any atom is -0.395 e. The first kappa shape index (κ1) is 19.8. The van der Waals surface area contributed by atoms with Crippen LogP contribution in [0.4, 0.5) is 5.95 Å². The van der Waals surface area contributed by atoms with Crippen molar-refractivity contribution in [3.8, 4) is 11.4 Å². The lowest BCUT2D eigenvalue weighted by atomic mass is 9.81. The van der Waals surface area contributed by atoms with Crippen LogP contribution < -0.4 is 16.4 Å². The SMILES string of the molecule is Nc1nccc(-c2cc(C(=O)NCC3CCC(C(=O)NCCO)CC3)c[nH]2)n1. The van der Waals surface area contributed by atoms with Gasteiger partial charge in [0.05, 0.1) is 23.6 Å². The van der Waals surface area contributed by atoms with E-state index >= 15 is 0 Å². The van der Waals surface area contributed by atoms with Gasteiger partial charge in [-0.15, -0.1) is 0 Å². The number of carbonyl (C=O) groups excluding carboxylic acids is 2. The van der Waals surface area contributed by atoms with Crippen molar-refractivity contribution in [3.05, 3.63) is 30.1 Å². The fraction of sp³-hybridized carbons (Fsp3) is 0.474. The second kappa shape index (κ2) is 9.32. The highest BCUT2D eigenvalue weighted by Crippen LogP contribution is 2.28. The minimum absolute atomic E-state index is 0.00559. The third kappa shape index (κ3) is 5.07. The molecule has 0 saturated heterocycles. The van der Waals surface area contributed by atoms with Gasteiger partial charge in [0.15, 0.2) is 0 Å². The summed E-state index contributed by atoms with van der Waals surface area (Å²) >= 11 is 0. The van der Waals surface area contributed by atoms with Crippen LogP contribution in [0.15, 0.2) is 24.5 Å². The smallest absolute Gasteiger partial charge is 0.252 e. The maximum atomic E-state index is 12.4. The largest absolute Gasteiger partial charge is 0.395 e. The van der Waals surface area contributed by atoms with Crippen molar-refractivity contribution < 1.29 is 14.7 Å². The number of aromatic nitrogens is 3. The molecule has 6 N–H and O–H groups in total. The number of nitrogens with two attached hydrogens (primary N) is 1. The molecule has 0 aromatic carbocycles. The summed E-state index contributed by atoms with van der Waals surface area (Å²) in [5, 5.41) is 14.5. The number of aliphatic hydroxyl groups is 1. The number of anilines is 1. The predicted octanol–water partition coefficient (Wildman–Crippen LogP) is 0.699. The molecule has 28 heavy (non-hydrogen) atoms. The maximum absolute atomic E-state index is 12.4. The number of nitrogens with zero attached hydrogens (tertiary/aromatic N) is 2. The molecular formula is C19H26N6O3. The van der Waals surface area contributed by atoms with Gasteiger partial charge in [-0.25, -0.2) is 9.97 Å². The van der Waals surface area contributed by atoms with Crippen LogP contribution >= 0.6 is 0 Å². The summed E-state index contributed by atoms with van der Waals surface area (Å²) in [4.78, 5) is 35.4. The zero-order valence-corrected chi connectivity index (χ0v) is 15.6. The van der Waals surface area contributed by atoms with Gasteiger partial charge in [-0.1, -0.05) is 0 Å². The third-order valence-electron chi connectivity index (χ3n) is 5.08. The Morgan fingerprint density at radius 2 is 2.04 bits per heavy atom. The number of carbonyl (C=O) groups is 2. The van der Waals surface area contributed by atoms with Crippen LogP contribution in [-0.2, 0) is 4.79 Å². The highest BCUT2D eigenvalue weighted by Gasteiger charge is 2.26. The summed E-state index contributed by atoms with van der Waals surface area (Å²) < 4.78 is 0. The second-order valence-corrected chi connectivity index (χ2v) is 7.04. The van der Waals surface area contributed by atoms with Gasteiger partial charge in [-0.2, -0.15) is 0 Å². The van der Waals surface area contributed by atoms with Crippen molar-refractivity contribution in [2.75, 3.05) is 25.4 Å². The van der Waals surface area contributed by atoms with Crippen molar-refractivity contribution in [1.82, 2.24) is 25.6 Å². The van der Waals surface area contributed by atoms with E-state index in [2.05, 4.69) is 25.6 Å². The van der Waals surface area contributed by atoms with Crippen molar-refractivity contribution in [2.45, 2.75) is 25.7 Å². The minimum atomic E-state index is -0.146. The van der Waals surface area contributed by atoms with Crippen molar-refractivity contribution >= 4 is 17.8 Å². The van der Waals surface area contributed by atoms with E-state index in [4.69, 9.17) is 10.8 Å². The number of hydrogen-bond donors (Lipinski definition) is 5. The van der Waals surface area contributed by atoms with Crippen LogP contribution in [0.5, 0.6) is 0 Å². The van der Waals surface area contributed by atoms with Crippen molar-refractivity contribution in [1.29, 1.82) is 0 Å². The monoisotopic (exact) mass is 386 g/mol. The third-order valence-corrected chi connectivity index (χ3v) is 5.08. The normalized spacial score (nSPS) is 19.2. The first-order valence-corrected chi connectivity index (χ1v) is 9.51. The molecule has 3 rings (SSSR count). The Morgan fingerprint density at radius 3 is 2.75 bits per heavy atom. The Labute approximate surface area is 163 Å². The molecule has 0 atom stereocenters. The fourth-order valence-corrected chi connectivity index (χ4v) is 3.49. The standard InChI is InChI=1S/C19H26N6O3/c20-19-22-6-5-15(25-19)16-9-14(11-23-16)18(28)24-10-12-1-3-13(4-2-12)17(27)21-7-8-26/h5-6,9,11-13,23,26H,1-4,7-8,10H2,(H,21,27)(H,24,28)(H2,20,22,25). The molecule has 1 aliphatic carbocycles. The van der Waals surface area contributed by atoms with E-state index in [1.807, 2.05) is 0 Å². The molecule has 0 spiro atoms. The van der Waals surface area contributed by atoms with Crippen LogP contribution in [0, 0.1) is 11.8 Å². The molecule has 0 radical (unpaired) electrons. The summed E-state index contributed by atoms with van der Waals surface area (Å²) in [6.07, 6.45) is 6.62. The number of aliphatic hydroxyl groups excluding tert-OH is 1. The first-order chi connectivity index (χ1) is 13.6. The van der Waals surface area contributed by atoms with Crippen LogP contribution in [0.1, 0.15) is 36.0 Å². The molecule has 2 aromatic rings. The van der Waals surface area contributed by atoms with Crippen molar-refractivity contribution in [3.63, 3.8) is 0 Å². The topological polar surface area (TPSA) is 146 Å². The molecule has 0 unspecified atom stereocenters. The van der Waals surface area contributed by atoms with Gasteiger partial charge in [-0.05, 0) is 43.7 Å². The lowest BCUT2D eigenvalue weighted by molar-refractivity contribution is -0.126. The number of nitrogen functional groups attached to an aromatic ring is 1. The Kier molecular flexibility index (Phi) is 6.59. The quantitative estimate of drug-likeness (QED) is 0.473. The van der Waals surface area contributed by atoms with E-state index in [1.165, 1.54) is 0 Å². The molecular weight excluding hydrogens is 360 g/mol. The van der Waals surface area contributed by atoms with E-state index in [0.717, 1.165) is 25.7 Å². The Balaban J connectivity index is 1.46. The van der Waals surface area contributed by atoms with E-state index in [9.17, 15) is 9.59 Å². The van der Waals surface area contributed by atoms with Gasteiger partial charge in [0, 0.05) is 31.4 Å². The average Bonchev–Trinajstić information content (AvgIpc) is 3.21. The highest BCUT2D eigenvalue weighted by molar-refractivity contribution is 5.95. The van der Waals surface area contributed by atoms with Gasteiger partial charge in [0.2, 0.25) is 11.9 Å². The molecule has 150 valence electrons. The summed E-state index contributed by atoms with van der Waals surface area (Å²) in [6.45, 7) is 0.846. The van der Waals surface area contributed by atoms with Crippen LogP contribution in [-0.4, -0.2) is 51.6 Å². The zero-order valence-electron chi connectivity index (χ0n) is 15.6. The maximum Gasteiger partial charge on any atom is 0.252 e. The highest BCUT2D eigenvalue weighted by atomic mass is 16.3. The number of H-pyrrole nitrogens is 1. The van der Waals surface area contributed by atoms with Crippen LogP contribution in [0.2, 0.25) is 0 Å². The van der Waals surface area contributed by atoms with E-state index in [0.29, 0.717) is 36.0 Å². The van der Waals surface area contributed by atoms with Crippen LogP contribution in [0.3, 0.4) is 0 Å². The molecule has 2 amide bonds. The number of aromatic amines is 1. The fourth-order valence-electron chi connectivity index (χ4n) is 3.49. The number of amides is 2. The zero-order chi connectivity index (χ0) is 19.9. The van der Waals surface area contributed by atoms with E-state index in [1.54, 1.807) is 24.5 Å². The van der Waals surface area contributed by atoms with Gasteiger partial charge in [0.25, 0.3) is 5.91 Å². The molecule has 1 aliphatic rings. The number of nitrogens with one attached hydrogen (secondary N) is 3. The molecule has 1 saturated carbocycles. The first-order valence-electron chi connectivity index (χ1n) is 9.51. The van der Waals surface area contributed by atoms with Gasteiger partial charge in [0.1, 0.15) is 0 Å². The Morgan fingerprint density at radius 1 is 1.25 bits per heavy atom. The molecule has 2 heterocycles. The van der Waals surface area contributed by atoms with Crippen LogP contribution in [0.25, 0.3) is 11.4 Å². The predicted molar refractivity (Wildman–Crippen MR) is 104 cm³/mol. The number of hydrogen-bond acceptors (Lipinski definition) is 6. The molecule has 0 bridgehead atoms. The Bertz CT molecular complexity index is 814. The summed E-state index contributed by atoms with van der Waals surface area (Å²) in [5.74, 6) is 0.421. The van der Waals surface area contributed by atoms with E-state index in [-0.39, 0.29) is 30.3 Å². The Hall–Kier alpha value is -2.94. The molecule has 9 nitrogen and oxygen atoms in total. The van der Waals surface area contributed by atoms with Gasteiger partial charge >= 0.3 is 0 Å². The molecule has 2 aromatic heterocycles. The van der Waals surface area contributed by atoms with Crippen molar-refractivity contribution in [2.24, 2.45) is 11.8 Å². The summed E-state index contributed by atoms with van der Waals surface area (Å²) in [5.41, 5.74) is 7.46. The lowest BCUT2D eigenvalue weighted by Crippen LogP contribution is -2.37.